The van der Waals surface area contributed by atoms with Crippen LogP contribution in [0, 0.1) is 5.92 Å². The lowest BCUT2D eigenvalue weighted by molar-refractivity contribution is -0.144. The van der Waals surface area contributed by atoms with Gasteiger partial charge in [-0.3, -0.25) is 9.69 Å². The third-order valence-electron chi connectivity index (χ3n) is 5.51. The first-order valence-electron chi connectivity index (χ1n) is 8.64. The fourth-order valence-electron chi connectivity index (χ4n) is 4.10. The van der Waals surface area contributed by atoms with Gasteiger partial charge in [-0.25, -0.2) is 0 Å². The molecule has 0 radical (unpaired) electrons. The van der Waals surface area contributed by atoms with Crippen molar-refractivity contribution in [2.24, 2.45) is 5.92 Å². The van der Waals surface area contributed by atoms with Gasteiger partial charge in [0.2, 0.25) is 5.91 Å². The second kappa shape index (κ2) is 6.16. The van der Waals surface area contributed by atoms with E-state index in [1.54, 1.807) is 7.11 Å². The average molecular weight is 316 g/mol. The van der Waals surface area contributed by atoms with Crippen LogP contribution in [0.25, 0.3) is 0 Å². The zero-order valence-electron chi connectivity index (χ0n) is 14.7. The molecule has 126 valence electrons. The molecule has 2 fully saturated rings. The summed E-state index contributed by atoms with van der Waals surface area (Å²) in [4.78, 5) is 16.9. The molecule has 0 bridgehead atoms. The van der Waals surface area contributed by atoms with Crippen molar-refractivity contribution in [2.45, 2.75) is 51.7 Å². The summed E-state index contributed by atoms with van der Waals surface area (Å²) in [7, 11) is 1.69. The Kier molecular flexibility index (Phi) is 4.37. The zero-order chi connectivity index (χ0) is 16.6. The van der Waals surface area contributed by atoms with Crippen LogP contribution in [0.2, 0.25) is 0 Å². The Bertz CT molecular complexity index is 569. The normalized spacial score (nSPS) is 27.8. The number of carbonyl (C=O) groups is 1. The molecule has 1 spiro atoms. The molecule has 2 saturated heterocycles. The summed E-state index contributed by atoms with van der Waals surface area (Å²) in [6, 6.07) is 8.71. The first-order chi connectivity index (χ1) is 11.0. The molecule has 1 amide bonds. The molecule has 0 aromatic heterocycles. The zero-order valence-corrected chi connectivity index (χ0v) is 14.7. The van der Waals surface area contributed by atoms with Crippen molar-refractivity contribution in [1.29, 1.82) is 0 Å². The number of carbonyl (C=O) groups excluding carboxylic acids is 1. The number of nitrogens with zero attached hydrogens (tertiary/aromatic N) is 2. The number of benzene rings is 1. The maximum absolute atomic E-state index is 12.3. The minimum Gasteiger partial charge on any atom is -0.497 e. The van der Waals surface area contributed by atoms with Crippen molar-refractivity contribution in [3.05, 3.63) is 29.8 Å². The fourth-order valence-corrected chi connectivity index (χ4v) is 4.10. The van der Waals surface area contributed by atoms with Crippen molar-refractivity contribution < 1.29 is 9.53 Å². The van der Waals surface area contributed by atoms with E-state index in [0.717, 1.165) is 31.8 Å². The van der Waals surface area contributed by atoms with Crippen LogP contribution in [0.1, 0.15) is 39.2 Å². The van der Waals surface area contributed by atoms with E-state index in [0.29, 0.717) is 24.3 Å². The number of hydrogen-bond acceptors (Lipinski definition) is 3. The molecule has 2 unspecified atom stereocenters. The van der Waals surface area contributed by atoms with Crippen molar-refractivity contribution in [3.8, 4) is 5.75 Å². The van der Waals surface area contributed by atoms with Crippen LogP contribution in [-0.4, -0.2) is 47.5 Å². The number of amides is 1. The fraction of sp³-hybridized carbons (Fsp3) is 0.632. The first-order valence-corrected chi connectivity index (χ1v) is 8.64. The van der Waals surface area contributed by atoms with Gasteiger partial charge in [0.25, 0.3) is 0 Å². The van der Waals surface area contributed by atoms with Gasteiger partial charge in [0.05, 0.1) is 12.6 Å². The molecule has 4 heteroatoms. The number of methoxy groups -OCH3 is 1. The standard InChI is InChI=1S/C19H28N2O2/c1-14(2)11-21-18(22)9-10-19(21)13-20(15(19)3)12-16-5-7-17(23-4)8-6-16/h5-8,14-15H,9-13H2,1-4H3. The summed E-state index contributed by atoms with van der Waals surface area (Å²) in [6.07, 6.45) is 1.73. The molecule has 0 aliphatic carbocycles. The third kappa shape index (κ3) is 2.85. The molecule has 23 heavy (non-hydrogen) atoms. The van der Waals surface area contributed by atoms with Gasteiger partial charge in [-0.15, -0.1) is 0 Å². The SMILES string of the molecule is COc1ccc(CN2CC3(CCC(=O)N3CC(C)C)C2C)cc1. The molecule has 1 aromatic rings. The Morgan fingerprint density at radius 2 is 2.00 bits per heavy atom. The van der Waals surface area contributed by atoms with E-state index in [2.05, 4.69) is 42.7 Å². The van der Waals surface area contributed by atoms with Crippen molar-refractivity contribution in [3.63, 3.8) is 0 Å². The molecular formula is C19H28N2O2. The van der Waals surface area contributed by atoms with Crippen molar-refractivity contribution in [1.82, 2.24) is 9.80 Å². The summed E-state index contributed by atoms with van der Waals surface area (Å²) in [5, 5.41) is 0. The minimum absolute atomic E-state index is 0.0772. The Hall–Kier alpha value is -1.55. The van der Waals surface area contributed by atoms with E-state index < -0.39 is 0 Å². The number of ether oxygens (including phenoxy) is 1. The van der Waals surface area contributed by atoms with Gasteiger partial charge in [0.15, 0.2) is 0 Å². The molecule has 2 aliphatic rings. The van der Waals surface area contributed by atoms with Crippen LogP contribution >= 0.6 is 0 Å². The van der Waals surface area contributed by atoms with Crippen LogP contribution in [0.4, 0.5) is 0 Å². The van der Waals surface area contributed by atoms with Crippen molar-refractivity contribution in [2.75, 3.05) is 20.2 Å². The van der Waals surface area contributed by atoms with Gasteiger partial charge in [0.1, 0.15) is 5.75 Å². The Balaban J connectivity index is 1.66. The topological polar surface area (TPSA) is 32.8 Å². The lowest BCUT2D eigenvalue weighted by Crippen LogP contribution is -2.73. The summed E-state index contributed by atoms with van der Waals surface area (Å²) in [5.41, 5.74) is 1.38. The second-order valence-corrected chi connectivity index (χ2v) is 7.43. The highest BCUT2D eigenvalue weighted by atomic mass is 16.5. The third-order valence-corrected chi connectivity index (χ3v) is 5.51. The minimum atomic E-state index is 0.0772. The van der Waals surface area contributed by atoms with E-state index in [9.17, 15) is 4.79 Å². The summed E-state index contributed by atoms with van der Waals surface area (Å²) in [6.45, 7) is 9.49. The molecular weight excluding hydrogens is 288 g/mol. The highest BCUT2D eigenvalue weighted by molar-refractivity contribution is 5.80. The smallest absolute Gasteiger partial charge is 0.223 e. The predicted octanol–water partition coefficient (Wildman–Crippen LogP) is 2.92. The van der Waals surface area contributed by atoms with E-state index in [1.807, 2.05) is 12.1 Å². The average Bonchev–Trinajstić information content (AvgIpc) is 2.86. The summed E-state index contributed by atoms with van der Waals surface area (Å²) >= 11 is 0. The number of likely N-dealkylation sites (tertiary alicyclic amines) is 2. The van der Waals surface area contributed by atoms with E-state index >= 15 is 0 Å². The predicted molar refractivity (Wildman–Crippen MR) is 91.4 cm³/mol. The molecule has 2 heterocycles. The lowest BCUT2D eigenvalue weighted by atomic mass is 9.78. The van der Waals surface area contributed by atoms with E-state index in [4.69, 9.17) is 4.74 Å². The van der Waals surface area contributed by atoms with Crippen LogP contribution in [0.15, 0.2) is 24.3 Å². The number of rotatable bonds is 5. The Morgan fingerprint density at radius 3 is 2.57 bits per heavy atom. The van der Waals surface area contributed by atoms with Crippen LogP contribution in [0.5, 0.6) is 5.75 Å². The van der Waals surface area contributed by atoms with E-state index in [-0.39, 0.29) is 5.54 Å². The first kappa shape index (κ1) is 16.3. The molecule has 2 aliphatic heterocycles. The highest BCUT2D eigenvalue weighted by Gasteiger charge is 2.57. The monoisotopic (exact) mass is 316 g/mol. The molecule has 4 nitrogen and oxygen atoms in total. The van der Waals surface area contributed by atoms with Gasteiger partial charge in [-0.05, 0) is 37.0 Å². The van der Waals surface area contributed by atoms with Gasteiger partial charge >= 0.3 is 0 Å². The summed E-state index contributed by atoms with van der Waals surface area (Å²) < 4.78 is 5.22. The van der Waals surface area contributed by atoms with E-state index in [1.165, 1.54) is 5.56 Å². The maximum atomic E-state index is 12.3. The van der Waals surface area contributed by atoms with Gasteiger partial charge in [-0.1, -0.05) is 26.0 Å². The van der Waals surface area contributed by atoms with Crippen LogP contribution < -0.4 is 4.74 Å². The maximum Gasteiger partial charge on any atom is 0.223 e. The Labute approximate surface area is 139 Å². The molecule has 3 rings (SSSR count). The molecule has 0 saturated carbocycles. The van der Waals surface area contributed by atoms with Gasteiger partial charge in [-0.2, -0.15) is 0 Å². The van der Waals surface area contributed by atoms with Crippen molar-refractivity contribution >= 4 is 5.91 Å². The highest BCUT2D eigenvalue weighted by Crippen LogP contribution is 2.44. The van der Waals surface area contributed by atoms with Gasteiger partial charge < -0.3 is 9.64 Å². The largest absolute Gasteiger partial charge is 0.497 e. The van der Waals surface area contributed by atoms with Gasteiger partial charge in [0, 0.05) is 32.1 Å². The Morgan fingerprint density at radius 1 is 1.30 bits per heavy atom. The van der Waals surface area contributed by atoms with Crippen LogP contribution in [-0.2, 0) is 11.3 Å². The molecule has 0 N–H and O–H groups in total. The quantitative estimate of drug-likeness (QED) is 0.837. The summed E-state index contributed by atoms with van der Waals surface area (Å²) in [5.74, 6) is 1.76. The molecule has 2 atom stereocenters. The number of hydrogen-bond donors (Lipinski definition) is 0. The van der Waals surface area contributed by atoms with Crippen LogP contribution in [0.3, 0.4) is 0 Å². The second-order valence-electron chi connectivity index (χ2n) is 7.43. The molecule has 1 aromatic carbocycles. The lowest BCUT2D eigenvalue weighted by Gasteiger charge is -2.59.